The van der Waals surface area contributed by atoms with Crippen LogP contribution in [0.3, 0.4) is 0 Å². The zero-order valence-electron chi connectivity index (χ0n) is 5.97. The van der Waals surface area contributed by atoms with Crippen LogP contribution in [0.1, 0.15) is 15.5 Å². The smallest absolute Gasteiger partial charge is 0.284 e. The van der Waals surface area contributed by atoms with E-state index in [4.69, 9.17) is 0 Å². The summed E-state index contributed by atoms with van der Waals surface area (Å²) < 4.78 is 24.4. The summed E-state index contributed by atoms with van der Waals surface area (Å²) in [6.45, 7) is 1.62. The van der Waals surface area contributed by atoms with Crippen LogP contribution in [0.5, 0.6) is 0 Å². The Labute approximate surface area is 76.2 Å². The second kappa shape index (κ2) is 3.06. The molecule has 0 N–H and O–H groups in total. The Morgan fingerprint density at radius 3 is 2.67 bits per heavy atom. The molecule has 0 spiro atoms. The number of ketones is 1. The minimum absolute atomic E-state index is 0.280. The van der Waals surface area contributed by atoms with E-state index in [9.17, 15) is 13.6 Å². The van der Waals surface area contributed by atoms with Gasteiger partial charge in [-0.3, -0.25) is 4.79 Å². The van der Waals surface area contributed by atoms with Crippen LogP contribution in [0.15, 0.2) is 5.38 Å². The Bertz CT molecular complexity index is 307. The van der Waals surface area contributed by atoms with Gasteiger partial charge in [0.1, 0.15) is 5.69 Å². The third kappa shape index (κ3) is 1.98. The molecule has 66 valence electrons. The number of carbonyl (C=O) groups is 1. The van der Waals surface area contributed by atoms with Crippen LogP contribution in [-0.4, -0.2) is 16.1 Å². The minimum atomic E-state index is -3.85. The highest BCUT2D eigenvalue weighted by Crippen LogP contribution is 2.24. The third-order valence-corrected chi connectivity index (χ3v) is 2.05. The molecule has 0 aliphatic carbocycles. The van der Waals surface area contributed by atoms with Gasteiger partial charge in [-0.1, -0.05) is 0 Å². The molecule has 0 unspecified atom stereocenters. The molecule has 1 heterocycles. The standard InChI is InChI=1S/C6H4ClF2NOS/c1-3-10-4(2-12-3)5(11)6(7,8)9/h2H,1H3. The number of aromatic nitrogens is 1. The van der Waals surface area contributed by atoms with Gasteiger partial charge in [0.2, 0.25) is 0 Å². The maximum absolute atomic E-state index is 12.2. The van der Waals surface area contributed by atoms with Crippen molar-refractivity contribution in [2.75, 3.05) is 0 Å². The Kier molecular flexibility index (Phi) is 2.44. The molecule has 0 saturated carbocycles. The first-order chi connectivity index (χ1) is 5.41. The second-order valence-electron chi connectivity index (χ2n) is 2.08. The van der Waals surface area contributed by atoms with Crippen LogP contribution in [0, 0.1) is 6.92 Å². The van der Waals surface area contributed by atoms with E-state index in [-0.39, 0.29) is 5.69 Å². The van der Waals surface area contributed by atoms with Gasteiger partial charge in [-0.05, 0) is 18.5 Å². The van der Waals surface area contributed by atoms with Crippen LogP contribution in [0.4, 0.5) is 8.78 Å². The van der Waals surface area contributed by atoms with E-state index in [1.807, 2.05) is 0 Å². The van der Waals surface area contributed by atoms with Crippen molar-refractivity contribution in [1.82, 2.24) is 4.98 Å². The van der Waals surface area contributed by atoms with Gasteiger partial charge in [-0.2, -0.15) is 8.78 Å². The van der Waals surface area contributed by atoms with Gasteiger partial charge >= 0.3 is 5.38 Å². The van der Waals surface area contributed by atoms with Crippen molar-refractivity contribution >= 4 is 28.7 Å². The summed E-state index contributed by atoms with van der Waals surface area (Å²) >= 11 is 5.63. The average molecular weight is 212 g/mol. The molecular weight excluding hydrogens is 208 g/mol. The number of rotatable bonds is 2. The topological polar surface area (TPSA) is 30.0 Å². The van der Waals surface area contributed by atoms with Gasteiger partial charge in [-0.15, -0.1) is 11.3 Å². The van der Waals surface area contributed by atoms with Crippen LogP contribution in [0.25, 0.3) is 0 Å². The zero-order valence-corrected chi connectivity index (χ0v) is 7.55. The average Bonchev–Trinajstić information content (AvgIpc) is 2.32. The van der Waals surface area contributed by atoms with E-state index in [1.54, 1.807) is 6.92 Å². The summed E-state index contributed by atoms with van der Waals surface area (Å²) in [7, 11) is 0. The number of Topliss-reactive ketones (excluding diaryl/α,β-unsaturated/α-hetero) is 1. The summed E-state index contributed by atoms with van der Waals surface area (Å²) in [4.78, 5) is 14.3. The largest absolute Gasteiger partial charge is 0.386 e. The lowest BCUT2D eigenvalue weighted by atomic mass is 10.3. The molecule has 6 heteroatoms. The molecule has 12 heavy (non-hydrogen) atoms. The molecule has 1 rings (SSSR count). The summed E-state index contributed by atoms with van der Waals surface area (Å²) in [5.41, 5.74) is -0.280. The van der Waals surface area contributed by atoms with Crippen molar-refractivity contribution in [3.8, 4) is 0 Å². The van der Waals surface area contributed by atoms with Gasteiger partial charge in [-0.25, -0.2) is 4.98 Å². The van der Waals surface area contributed by atoms with Gasteiger partial charge in [0.15, 0.2) is 0 Å². The molecule has 0 aromatic carbocycles. The van der Waals surface area contributed by atoms with Crippen LogP contribution < -0.4 is 0 Å². The lowest BCUT2D eigenvalue weighted by molar-refractivity contribution is 0.0531. The number of aryl methyl sites for hydroxylation is 1. The highest BCUT2D eigenvalue weighted by molar-refractivity contribution is 7.09. The van der Waals surface area contributed by atoms with Crippen molar-refractivity contribution in [2.45, 2.75) is 12.3 Å². The van der Waals surface area contributed by atoms with E-state index in [0.29, 0.717) is 5.01 Å². The van der Waals surface area contributed by atoms with Crippen molar-refractivity contribution in [1.29, 1.82) is 0 Å². The second-order valence-corrected chi connectivity index (χ2v) is 3.62. The third-order valence-electron chi connectivity index (χ3n) is 1.11. The first-order valence-corrected chi connectivity index (χ1v) is 4.20. The highest BCUT2D eigenvalue weighted by atomic mass is 35.5. The summed E-state index contributed by atoms with van der Waals surface area (Å²) in [5.74, 6) is -1.45. The fourth-order valence-electron chi connectivity index (χ4n) is 0.613. The number of halogens is 3. The molecule has 0 bridgehead atoms. The highest BCUT2D eigenvalue weighted by Gasteiger charge is 2.37. The molecule has 1 aromatic rings. The van der Waals surface area contributed by atoms with E-state index < -0.39 is 11.2 Å². The maximum atomic E-state index is 12.2. The zero-order chi connectivity index (χ0) is 9.35. The van der Waals surface area contributed by atoms with Crippen LogP contribution >= 0.6 is 22.9 Å². The van der Waals surface area contributed by atoms with Crippen molar-refractivity contribution in [3.63, 3.8) is 0 Å². The van der Waals surface area contributed by atoms with Gasteiger partial charge < -0.3 is 0 Å². The van der Waals surface area contributed by atoms with Crippen molar-refractivity contribution < 1.29 is 13.6 Å². The predicted octanol–water partition coefficient (Wildman–Crippen LogP) is 2.47. The molecular formula is C6H4ClF2NOS. The first-order valence-electron chi connectivity index (χ1n) is 2.95. The van der Waals surface area contributed by atoms with E-state index >= 15 is 0 Å². The molecule has 1 aromatic heterocycles. The van der Waals surface area contributed by atoms with Gasteiger partial charge in [0.05, 0.1) is 5.01 Å². The number of thiazole rings is 1. The number of carbonyl (C=O) groups excluding carboxylic acids is 1. The molecule has 0 aliphatic heterocycles. The molecule has 2 nitrogen and oxygen atoms in total. The molecule has 0 fully saturated rings. The minimum Gasteiger partial charge on any atom is -0.284 e. The Morgan fingerprint density at radius 2 is 2.33 bits per heavy atom. The predicted molar refractivity (Wildman–Crippen MR) is 42.0 cm³/mol. The molecule has 0 atom stereocenters. The quantitative estimate of drug-likeness (QED) is 0.556. The lowest BCUT2D eigenvalue weighted by Gasteiger charge is -2.01. The van der Waals surface area contributed by atoms with Gasteiger partial charge in [0, 0.05) is 5.38 Å². The Morgan fingerprint density at radius 1 is 1.75 bits per heavy atom. The summed E-state index contributed by atoms with van der Waals surface area (Å²) in [5, 5.41) is -2.03. The lowest BCUT2D eigenvalue weighted by Crippen LogP contribution is -2.21. The summed E-state index contributed by atoms with van der Waals surface area (Å²) in [6.07, 6.45) is 0. The Hall–Kier alpha value is -0.550. The number of hydrogen-bond donors (Lipinski definition) is 0. The van der Waals surface area contributed by atoms with E-state index in [1.165, 1.54) is 5.38 Å². The molecule has 0 radical (unpaired) electrons. The first kappa shape index (κ1) is 9.54. The normalized spacial score (nSPS) is 11.7. The summed E-state index contributed by atoms with van der Waals surface area (Å²) in [6, 6.07) is 0. The molecule has 0 saturated heterocycles. The van der Waals surface area contributed by atoms with Crippen molar-refractivity contribution in [2.24, 2.45) is 0 Å². The number of alkyl halides is 3. The number of hydrogen-bond acceptors (Lipinski definition) is 3. The maximum Gasteiger partial charge on any atom is 0.386 e. The van der Waals surface area contributed by atoms with Gasteiger partial charge in [0.25, 0.3) is 5.78 Å². The van der Waals surface area contributed by atoms with E-state index in [2.05, 4.69) is 16.6 Å². The number of nitrogens with zero attached hydrogens (tertiary/aromatic N) is 1. The van der Waals surface area contributed by atoms with Crippen molar-refractivity contribution in [3.05, 3.63) is 16.1 Å². The molecule has 0 amide bonds. The molecule has 0 aliphatic rings. The van der Waals surface area contributed by atoms with Crippen LogP contribution in [-0.2, 0) is 0 Å². The Balaban J connectivity index is 2.93. The van der Waals surface area contributed by atoms with E-state index in [0.717, 1.165) is 11.3 Å². The monoisotopic (exact) mass is 211 g/mol. The van der Waals surface area contributed by atoms with Crippen LogP contribution in [0.2, 0.25) is 0 Å². The fraction of sp³-hybridized carbons (Fsp3) is 0.333. The SMILES string of the molecule is Cc1nc(C(=O)C(F)(F)Cl)cs1. The fourth-order valence-corrected chi connectivity index (χ4v) is 1.30.